The topological polar surface area (TPSA) is 108 Å². The van der Waals surface area contributed by atoms with Gasteiger partial charge in [0.15, 0.2) is 5.72 Å². The lowest BCUT2D eigenvalue weighted by Gasteiger charge is -2.45. The first-order valence-electron chi connectivity index (χ1n) is 11.7. The number of nitrogens with one attached hydrogen (secondary N) is 2. The molecule has 34 heavy (non-hydrogen) atoms. The Morgan fingerprint density at radius 1 is 1.18 bits per heavy atom. The standard InChI is InChI=1S/C25H38ClN3O5/c1-15(2)20(27-23(33)28-25(6,7)34-22(32)16(3)30)21(31)29-13-12-19(24(4,5)14-29)17-8-10-18(26)11-9-17/h8-11,15-16,19-20,30H,12-14H2,1-7H3,(H2,27,28,33). The second-order valence-electron chi connectivity index (χ2n) is 10.6. The van der Waals surface area contributed by atoms with Crippen LogP contribution in [0.15, 0.2) is 24.3 Å². The Hall–Kier alpha value is -2.32. The van der Waals surface area contributed by atoms with Crippen LogP contribution in [0.25, 0.3) is 0 Å². The second-order valence-corrected chi connectivity index (χ2v) is 11.0. The van der Waals surface area contributed by atoms with Gasteiger partial charge < -0.3 is 25.4 Å². The molecule has 8 nitrogen and oxygen atoms in total. The molecule has 0 aliphatic carbocycles. The molecule has 3 unspecified atom stereocenters. The number of benzene rings is 1. The number of hydrogen-bond donors (Lipinski definition) is 3. The fraction of sp³-hybridized carbons (Fsp3) is 0.640. The molecule has 3 N–H and O–H groups in total. The highest BCUT2D eigenvalue weighted by molar-refractivity contribution is 6.30. The van der Waals surface area contributed by atoms with Gasteiger partial charge in [0, 0.05) is 18.1 Å². The minimum absolute atomic E-state index is 0.147. The smallest absolute Gasteiger partial charge is 0.336 e. The summed E-state index contributed by atoms with van der Waals surface area (Å²) >= 11 is 6.04. The predicted molar refractivity (Wildman–Crippen MR) is 131 cm³/mol. The molecule has 0 spiro atoms. The molecule has 0 aromatic heterocycles. The highest BCUT2D eigenvalue weighted by Crippen LogP contribution is 2.42. The first-order valence-corrected chi connectivity index (χ1v) is 12.0. The Balaban J connectivity index is 2.06. The molecule has 190 valence electrons. The summed E-state index contributed by atoms with van der Waals surface area (Å²) in [6.07, 6.45) is -0.507. The SMILES string of the molecule is CC(O)C(=O)OC(C)(C)NC(=O)NC(C(=O)N1CCC(c2ccc(Cl)cc2)C(C)(C)C1)C(C)C. The van der Waals surface area contributed by atoms with Gasteiger partial charge in [0.25, 0.3) is 0 Å². The molecule has 2 rings (SSSR count). The molecule has 3 amide bonds. The molecule has 1 heterocycles. The molecule has 0 bridgehead atoms. The maximum atomic E-state index is 13.4. The maximum Gasteiger partial charge on any atom is 0.336 e. The fourth-order valence-corrected chi connectivity index (χ4v) is 4.51. The lowest BCUT2D eigenvalue weighted by molar-refractivity contribution is -0.167. The normalized spacial score (nSPS) is 19.8. The van der Waals surface area contributed by atoms with Gasteiger partial charge in [-0.05, 0) is 62.1 Å². The number of rotatable bonds is 7. The third kappa shape index (κ3) is 7.34. The van der Waals surface area contributed by atoms with Gasteiger partial charge in [-0.3, -0.25) is 4.79 Å². The number of urea groups is 1. The number of esters is 1. The van der Waals surface area contributed by atoms with E-state index in [4.69, 9.17) is 16.3 Å². The number of halogens is 1. The van der Waals surface area contributed by atoms with E-state index in [0.717, 1.165) is 6.42 Å². The minimum Gasteiger partial charge on any atom is -0.438 e. The number of nitrogens with zero attached hydrogens (tertiary/aromatic N) is 1. The third-order valence-electron chi connectivity index (χ3n) is 6.14. The maximum absolute atomic E-state index is 13.4. The number of piperidine rings is 1. The molecular formula is C25H38ClN3O5. The first-order chi connectivity index (χ1) is 15.6. The lowest BCUT2D eigenvalue weighted by atomic mass is 9.70. The Bertz CT molecular complexity index is 883. The van der Waals surface area contributed by atoms with E-state index in [-0.39, 0.29) is 23.2 Å². The van der Waals surface area contributed by atoms with Crippen LogP contribution in [0.5, 0.6) is 0 Å². The summed E-state index contributed by atoms with van der Waals surface area (Å²) in [5, 5.41) is 15.3. The molecule has 3 atom stereocenters. The van der Waals surface area contributed by atoms with Crippen molar-refractivity contribution in [1.29, 1.82) is 0 Å². The Kier molecular flexibility index (Phi) is 8.99. The largest absolute Gasteiger partial charge is 0.438 e. The fourth-order valence-electron chi connectivity index (χ4n) is 4.38. The second kappa shape index (κ2) is 11.0. The van der Waals surface area contributed by atoms with Gasteiger partial charge in [-0.2, -0.15) is 0 Å². The van der Waals surface area contributed by atoms with E-state index < -0.39 is 29.9 Å². The number of hydrogen-bond acceptors (Lipinski definition) is 5. The number of aliphatic hydroxyl groups is 1. The summed E-state index contributed by atoms with van der Waals surface area (Å²) in [5.41, 5.74) is -0.321. The monoisotopic (exact) mass is 495 g/mol. The molecule has 1 fully saturated rings. The van der Waals surface area contributed by atoms with Gasteiger partial charge in [0.2, 0.25) is 5.91 Å². The highest BCUT2D eigenvalue weighted by Gasteiger charge is 2.41. The van der Waals surface area contributed by atoms with Gasteiger partial charge >= 0.3 is 12.0 Å². The average molecular weight is 496 g/mol. The van der Waals surface area contributed by atoms with Crippen molar-refractivity contribution in [2.75, 3.05) is 13.1 Å². The van der Waals surface area contributed by atoms with Gasteiger partial charge in [-0.1, -0.05) is 51.4 Å². The number of likely N-dealkylation sites (tertiary alicyclic amines) is 1. The van der Waals surface area contributed by atoms with Gasteiger partial charge in [-0.25, -0.2) is 9.59 Å². The van der Waals surface area contributed by atoms with Gasteiger partial charge in [-0.15, -0.1) is 0 Å². The average Bonchev–Trinajstić information content (AvgIpc) is 2.70. The van der Waals surface area contributed by atoms with E-state index in [1.807, 2.05) is 43.0 Å². The van der Waals surface area contributed by atoms with Gasteiger partial charge in [0.05, 0.1) is 0 Å². The molecule has 1 saturated heterocycles. The summed E-state index contributed by atoms with van der Waals surface area (Å²) in [5.74, 6) is -0.871. The van der Waals surface area contributed by atoms with Crippen LogP contribution in [0, 0.1) is 11.3 Å². The molecule has 1 aromatic carbocycles. The van der Waals surface area contributed by atoms with Crippen LogP contribution in [0.2, 0.25) is 5.02 Å². The van der Waals surface area contributed by atoms with Crippen molar-refractivity contribution in [2.24, 2.45) is 11.3 Å². The predicted octanol–water partition coefficient (Wildman–Crippen LogP) is 3.67. The molecule has 1 aliphatic heterocycles. The quantitative estimate of drug-likeness (QED) is 0.395. The summed E-state index contributed by atoms with van der Waals surface area (Å²) in [6.45, 7) is 13.4. The molecule has 9 heteroatoms. The van der Waals surface area contributed by atoms with Crippen molar-refractivity contribution in [1.82, 2.24) is 15.5 Å². The molecule has 0 radical (unpaired) electrons. The van der Waals surface area contributed by atoms with Crippen LogP contribution in [-0.4, -0.2) is 58.9 Å². The summed E-state index contributed by atoms with van der Waals surface area (Å²) < 4.78 is 5.11. The van der Waals surface area contributed by atoms with Crippen LogP contribution >= 0.6 is 11.6 Å². The summed E-state index contributed by atoms with van der Waals surface area (Å²) in [4.78, 5) is 39.6. The zero-order valence-corrected chi connectivity index (χ0v) is 21.9. The van der Waals surface area contributed by atoms with E-state index in [1.54, 1.807) is 0 Å². The minimum atomic E-state index is -1.36. The van der Waals surface area contributed by atoms with Gasteiger partial charge in [0.1, 0.15) is 12.1 Å². The van der Waals surface area contributed by atoms with Crippen LogP contribution in [-0.2, 0) is 14.3 Å². The number of carbonyl (C=O) groups is 3. The molecular weight excluding hydrogens is 458 g/mol. The molecule has 0 saturated carbocycles. The number of carbonyl (C=O) groups excluding carboxylic acids is 3. The van der Waals surface area contributed by atoms with E-state index in [9.17, 15) is 19.5 Å². The van der Waals surface area contributed by atoms with Crippen molar-refractivity contribution in [2.45, 2.75) is 78.7 Å². The summed E-state index contributed by atoms with van der Waals surface area (Å²) in [6, 6.07) is 6.49. The van der Waals surface area contributed by atoms with E-state index in [2.05, 4.69) is 24.5 Å². The van der Waals surface area contributed by atoms with E-state index in [1.165, 1.54) is 26.3 Å². The van der Waals surface area contributed by atoms with Crippen LogP contribution in [0.3, 0.4) is 0 Å². The lowest BCUT2D eigenvalue weighted by Crippen LogP contribution is -2.59. The zero-order chi connectivity index (χ0) is 25.8. The van der Waals surface area contributed by atoms with Crippen molar-refractivity contribution < 1.29 is 24.2 Å². The Labute approximate surface area is 207 Å². The third-order valence-corrected chi connectivity index (χ3v) is 6.40. The van der Waals surface area contributed by atoms with Crippen molar-refractivity contribution in [3.8, 4) is 0 Å². The Morgan fingerprint density at radius 3 is 2.26 bits per heavy atom. The highest BCUT2D eigenvalue weighted by atomic mass is 35.5. The van der Waals surface area contributed by atoms with E-state index >= 15 is 0 Å². The first kappa shape index (κ1) is 27.9. The van der Waals surface area contributed by atoms with Crippen molar-refractivity contribution in [3.05, 3.63) is 34.9 Å². The van der Waals surface area contributed by atoms with Crippen molar-refractivity contribution in [3.63, 3.8) is 0 Å². The van der Waals surface area contributed by atoms with Crippen LogP contribution in [0.4, 0.5) is 4.79 Å². The Morgan fingerprint density at radius 2 is 1.76 bits per heavy atom. The van der Waals surface area contributed by atoms with Crippen LogP contribution < -0.4 is 10.6 Å². The summed E-state index contributed by atoms with van der Waals surface area (Å²) in [7, 11) is 0. The molecule has 1 aromatic rings. The zero-order valence-electron chi connectivity index (χ0n) is 21.1. The number of amides is 3. The number of ether oxygens (including phenoxy) is 1. The van der Waals surface area contributed by atoms with Crippen LogP contribution in [0.1, 0.15) is 66.4 Å². The molecule has 1 aliphatic rings. The van der Waals surface area contributed by atoms with E-state index in [0.29, 0.717) is 18.1 Å². The van der Waals surface area contributed by atoms with Crippen molar-refractivity contribution >= 4 is 29.5 Å². The number of aliphatic hydroxyl groups excluding tert-OH is 1.